The van der Waals surface area contributed by atoms with Crippen LogP contribution >= 0.6 is 0 Å². The number of hydrogen-bond acceptors (Lipinski definition) is 5. The van der Waals surface area contributed by atoms with Gasteiger partial charge in [0, 0.05) is 18.9 Å². The maximum Gasteiger partial charge on any atom is 0.305 e. The molecular weight excluding hydrogens is 432 g/mol. The third kappa shape index (κ3) is 13.6. The molecule has 1 heterocycles. The molecule has 1 atom stereocenters. The molecule has 1 aromatic carbocycles. The van der Waals surface area contributed by atoms with Crippen LogP contribution in [0, 0.1) is 6.92 Å². The molecule has 0 aliphatic carbocycles. The fraction of sp³-hybridized carbons (Fsp3) is 0.714. The van der Waals surface area contributed by atoms with Gasteiger partial charge in [-0.05, 0) is 25.0 Å². The SMILES string of the molecule is CC(=O)O.CCCCCCCCCCCCCCCC(=O)OCC1(c2ccc(C)cc2O)CO1. The summed E-state index contributed by atoms with van der Waals surface area (Å²) in [6, 6.07) is 5.51. The summed E-state index contributed by atoms with van der Waals surface area (Å²) in [4.78, 5) is 21.0. The van der Waals surface area contributed by atoms with Gasteiger partial charge in [-0.3, -0.25) is 9.59 Å². The quantitative estimate of drug-likeness (QED) is 0.142. The van der Waals surface area contributed by atoms with Gasteiger partial charge in [-0.25, -0.2) is 0 Å². The maximum atomic E-state index is 12.0. The Balaban J connectivity index is 0.00000133. The van der Waals surface area contributed by atoms with Gasteiger partial charge in [-0.2, -0.15) is 0 Å². The van der Waals surface area contributed by atoms with Gasteiger partial charge in [-0.1, -0.05) is 96.1 Å². The van der Waals surface area contributed by atoms with Gasteiger partial charge in [-0.15, -0.1) is 0 Å². The smallest absolute Gasteiger partial charge is 0.305 e. The Labute approximate surface area is 206 Å². The third-order valence-electron chi connectivity index (χ3n) is 6.09. The molecule has 194 valence electrons. The molecule has 1 aromatic rings. The fourth-order valence-corrected chi connectivity index (χ4v) is 3.99. The van der Waals surface area contributed by atoms with Crippen LogP contribution in [0.25, 0.3) is 0 Å². The normalized spacial score (nSPS) is 16.4. The van der Waals surface area contributed by atoms with Crippen molar-refractivity contribution in [3.63, 3.8) is 0 Å². The van der Waals surface area contributed by atoms with E-state index in [0.29, 0.717) is 18.6 Å². The molecule has 1 fully saturated rings. The molecule has 1 aliphatic rings. The number of aryl methyl sites for hydroxylation is 1. The van der Waals surface area contributed by atoms with E-state index < -0.39 is 11.6 Å². The number of carbonyl (C=O) groups excluding carboxylic acids is 1. The summed E-state index contributed by atoms with van der Waals surface area (Å²) in [5.41, 5.74) is 1.05. The topological polar surface area (TPSA) is 96.4 Å². The van der Waals surface area contributed by atoms with Crippen molar-refractivity contribution in [3.05, 3.63) is 29.3 Å². The number of aliphatic carboxylic acids is 1. The summed E-state index contributed by atoms with van der Waals surface area (Å²) in [5.74, 6) is -0.792. The molecule has 1 unspecified atom stereocenters. The standard InChI is InChI=1S/C26H42O4.C2H4O2/c1-3-4-5-6-7-8-9-10-11-12-13-14-15-16-25(28)29-20-26(21-30-26)23-18-17-22(2)19-24(23)27;1-2(3)4/h17-19,27H,3-16,20-21H2,1-2H3;1H3,(H,3,4). The van der Waals surface area contributed by atoms with E-state index in [2.05, 4.69) is 6.92 Å². The molecule has 6 heteroatoms. The molecule has 0 spiro atoms. The van der Waals surface area contributed by atoms with Crippen molar-refractivity contribution < 1.29 is 29.3 Å². The lowest BCUT2D eigenvalue weighted by molar-refractivity contribution is -0.145. The van der Waals surface area contributed by atoms with Gasteiger partial charge < -0.3 is 19.7 Å². The highest BCUT2D eigenvalue weighted by Gasteiger charge is 2.49. The van der Waals surface area contributed by atoms with Gasteiger partial charge in [0.1, 0.15) is 12.4 Å². The number of carbonyl (C=O) groups is 2. The van der Waals surface area contributed by atoms with Crippen LogP contribution in [0.5, 0.6) is 5.75 Å². The molecule has 1 saturated heterocycles. The number of phenols is 1. The molecule has 0 saturated carbocycles. The highest BCUT2D eigenvalue weighted by atomic mass is 16.6. The van der Waals surface area contributed by atoms with E-state index in [0.717, 1.165) is 25.3 Å². The second-order valence-electron chi connectivity index (χ2n) is 9.48. The van der Waals surface area contributed by atoms with Gasteiger partial charge in [0.15, 0.2) is 5.60 Å². The average molecular weight is 479 g/mol. The van der Waals surface area contributed by atoms with Crippen LogP contribution in [0.3, 0.4) is 0 Å². The summed E-state index contributed by atoms with van der Waals surface area (Å²) in [5, 5.41) is 17.6. The Hall–Kier alpha value is -2.08. The molecule has 0 aromatic heterocycles. The van der Waals surface area contributed by atoms with Crippen molar-refractivity contribution >= 4 is 11.9 Å². The summed E-state index contributed by atoms with van der Waals surface area (Å²) >= 11 is 0. The number of carboxylic acids is 1. The van der Waals surface area contributed by atoms with E-state index in [9.17, 15) is 9.90 Å². The predicted molar refractivity (Wildman–Crippen MR) is 135 cm³/mol. The zero-order valence-corrected chi connectivity index (χ0v) is 21.6. The Bertz CT molecular complexity index is 707. The van der Waals surface area contributed by atoms with Gasteiger partial charge >= 0.3 is 5.97 Å². The monoisotopic (exact) mass is 478 g/mol. The van der Waals surface area contributed by atoms with Crippen molar-refractivity contribution in [2.45, 2.75) is 116 Å². The minimum atomic E-state index is -0.833. The lowest BCUT2D eigenvalue weighted by Crippen LogP contribution is -2.20. The fourth-order valence-electron chi connectivity index (χ4n) is 3.99. The summed E-state index contributed by atoms with van der Waals surface area (Å²) < 4.78 is 11.0. The van der Waals surface area contributed by atoms with Gasteiger partial charge in [0.05, 0.1) is 6.61 Å². The number of hydrogen-bond donors (Lipinski definition) is 2. The summed E-state index contributed by atoms with van der Waals surface area (Å²) in [7, 11) is 0. The minimum Gasteiger partial charge on any atom is -0.508 e. The Morgan fingerprint density at radius 1 is 0.941 bits per heavy atom. The minimum absolute atomic E-state index is 0.167. The van der Waals surface area contributed by atoms with E-state index in [1.54, 1.807) is 6.07 Å². The van der Waals surface area contributed by atoms with Gasteiger partial charge in [0.25, 0.3) is 5.97 Å². The van der Waals surface area contributed by atoms with Crippen LogP contribution < -0.4 is 0 Å². The molecule has 2 rings (SSSR count). The van der Waals surface area contributed by atoms with Gasteiger partial charge in [0.2, 0.25) is 0 Å². The first-order valence-corrected chi connectivity index (χ1v) is 13.1. The molecule has 2 N–H and O–H groups in total. The highest BCUT2D eigenvalue weighted by molar-refractivity contribution is 5.69. The molecule has 0 bridgehead atoms. The maximum absolute atomic E-state index is 12.0. The molecular formula is C28H46O6. The number of benzene rings is 1. The number of epoxide rings is 1. The lowest BCUT2D eigenvalue weighted by Gasteiger charge is -2.15. The molecule has 0 amide bonds. The van der Waals surface area contributed by atoms with Crippen molar-refractivity contribution in [3.8, 4) is 5.75 Å². The van der Waals surface area contributed by atoms with E-state index in [4.69, 9.17) is 19.4 Å². The number of phenolic OH excluding ortho intramolecular Hbond substituents is 1. The number of rotatable bonds is 17. The van der Waals surface area contributed by atoms with Crippen molar-refractivity contribution in [1.82, 2.24) is 0 Å². The Morgan fingerprint density at radius 2 is 1.41 bits per heavy atom. The zero-order valence-electron chi connectivity index (χ0n) is 21.6. The van der Waals surface area contributed by atoms with Crippen molar-refractivity contribution in [1.29, 1.82) is 0 Å². The predicted octanol–water partition coefficient (Wildman–Crippen LogP) is 7.04. The Kier molecular flexibility index (Phi) is 15.3. The number of carboxylic acid groups (broad SMARTS) is 1. The van der Waals surface area contributed by atoms with Crippen LogP contribution in [0.1, 0.15) is 115 Å². The van der Waals surface area contributed by atoms with Crippen molar-refractivity contribution in [2.24, 2.45) is 0 Å². The van der Waals surface area contributed by atoms with Crippen LogP contribution in [-0.2, 0) is 24.7 Å². The Morgan fingerprint density at radius 3 is 1.85 bits per heavy atom. The molecule has 34 heavy (non-hydrogen) atoms. The first kappa shape index (κ1) is 30.0. The van der Waals surface area contributed by atoms with Crippen LogP contribution in [0.15, 0.2) is 18.2 Å². The second kappa shape index (κ2) is 17.4. The summed E-state index contributed by atoms with van der Waals surface area (Å²) in [6.07, 6.45) is 17.3. The van der Waals surface area contributed by atoms with Crippen molar-refractivity contribution in [2.75, 3.05) is 13.2 Å². The first-order valence-electron chi connectivity index (χ1n) is 13.1. The average Bonchev–Trinajstić information content (AvgIpc) is 3.56. The number of aromatic hydroxyl groups is 1. The molecule has 6 nitrogen and oxygen atoms in total. The van der Waals surface area contributed by atoms with E-state index in [1.165, 1.54) is 70.6 Å². The molecule has 0 radical (unpaired) electrons. The largest absolute Gasteiger partial charge is 0.508 e. The third-order valence-corrected chi connectivity index (χ3v) is 6.09. The van der Waals surface area contributed by atoms with E-state index >= 15 is 0 Å². The van der Waals surface area contributed by atoms with E-state index in [1.807, 2.05) is 19.1 Å². The second-order valence-corrected chi connectivity index (χ2v) is 9.48. The number of unbranched alkanes of at least 4 members (excludes halogenated alkanes) is 12. The zero-order chi connectivity index (χ0) is 25.2. The summed E-state index contributed by atoms with van der Waals surface area (Å²) in [6.45, 7) is 5.94. The number of ether oxygens (including phenoxy) is 2. The van der Waals surface area contributed by atoms with Crippen LogP contribution in [0.2, 0.25) is 0 Å². The molecule has 1 aliphatic heterocycles. The van der Waals surface area contributed by atoms with E-state index in [-0.39, 0.29) is 18.3 Å². The first-order chi connectivity index (χ1) is 16.3. The van der Waals surface area contributed by atoms with Crippen LogP contribution in [0.4, 0.5) is 0 Å². The lowest BCUT2D eigenvalue weighted by atomic mass is 9.98. The number of esters is 1. The highest BCUT2D eigenvalue weighted by Crippen LogP contribution is 2.43. The van der Waals surface area contributed by atoms with Crippen LogP contribution in [-0.4, -0.2) is 35.4 Å².